The molecule has 0 aliphatic heterocycles. The average molecular weight is 150 g/mol. The van der Waals surface area contributed by atoms with Crippen LogP contribution in [0.2, 0.25) is 0 Å². The van der Waals surface area contributed by atoms with E-state index >= 15 is 0 Å². The van der Waals surface area contributed by atoms with Crippen molar-refractivity contribution in [3.8, 4) is 11.8 Å². The Morgan fingerprint density at radius 2 is 2.27 bits per heavy atom. The molecule has 11 heavy (non-hydrogen) atoms. The molecule has 1 rings (SSSR count). The van der Waals surface area contributed by atoms with Gasteiger partial charge in [0.05, 0.1) is 6.54 Å². The first kappa shape index (κ1) is 7.67. The molecule has 0 amide bonds. The fourth-order valence-electron chi connectivity index (χ4n) is 0.795. The number of rotatable bonds is 1. The predicted octanol–water partition coefficient (Wildman–Crippen LogP) is 0.210. The predicted molar refractivity (Wildman–Crippen MR) is 43.1 cm³/mol. The third kappa shape index (κ3) is 1.53. The van der Waals surface area contributed by atoms with E-state index in [1.807, 2.05) is 0 Å². The Balaban J connectivity index is 2.93. The summed E-state index contributed by atoms with van der Waals surface area (Å²) in [7, 11) is 1.72. The fourth-order valence-corrected chi connectivity index (χ4v) is 0.795. The van der Waals surface area contributed by atoms with Crippen LogP contribution in [0, 0.1) is 11.8 Å². The van der Waals surface area contributed by atoms with Gasteiger partial charge in [0, 0.05) is 19.4 Å². The number of hydrogen-bond acceptors (Lipinski definition) is 1. The Morgan fingerprint density at radius 1 is 1.55 bits per heavy atom. The van der Waals surface area contributed by atoms with Gasteiger partial charge in [0.15, 0.2) is 0 Å². The molecule has 0 bridgehead atoms. The van der Waals surface area contributed by atoms with E-state index in [1.165, 1.54) is 4.57 Å². The standard InChI is InChI=1S/C8H10N2O/c1-3-4-5-10-7-6-9(2)8(10)11/h6-7H,5H2,1-2H3. The average Bonchev–Trinajstić information content (AvgIpc) is 2.31. The van der Waals surface area contributed by atoms with Gasteiger partial charge in [-0.25, -0.2) is 4.79 Å². The smallest absolute Gasteiger partial charge is 0.302 e. The molecular weight excluding hydrogens is 140 g/mol. The van der Waals surface area contributed by atoms with Crippen molar-refractivity contribution >= 4 is 0 Å². The highest BCUT2D eigenvalue weighted by Gasteiger charge is 1.94. The molecule has 0 unspecified atom stereocenters. The third-order valence-corrected chi connectivity index (χ3v) is 1.44. The maximum atomic E-state index is 11.1. The third-order valence-electron chi connectivity index (χ3n) is 1.44. The first-order valence-electron chi connectivity index (χ1n) is 3.37. The molecule has 0 aromatic carbocycles. The van der Waals surface area contributed by atoms with Crippen molar-refractivity contribution in [2.24, 2.45) is 7.05 Å². The van der Waals surface area contributed by atoms with E-state index in [9.17, 15) is 4.79 Å². The summed E-state index contributed by atoms with van der Waals surface area (Å²) in [5.41, 5.74) is -0.0206. The summed E-state index contributed by atoms with van der Waals surface area (Å²) < 4.78 is 3.09. The van der Waals surface area contributed by atoms with Gasteiger partial charge < -0.3 is 4.57 Å². The lowest BCUT2D eigenvalue weighted by Gasteiger charge is -1.90. The molecule has 0 saturated heterocycles. The zero-order valence-corrected chi connectivity index (χ0v) is 6.66. The molecule has 0 aliphatic carbocycles. The minimum absolute atomic E-state index is 0.0206. The molecule has 0 radical (unpaired) electrons. The van der Waals surface area contributed by atoms with Crippen LogP contribution in [-0.4, -0.2) is 9.13 Å². The largest absolute Gasteiger partial charge is 0.328 e. The SMILES string of the molecule is CC#CCn1ccn(C)c1=O. The van der Waals surface area contributed by atoms with Crippen LogP contribution in [0.5, 0.6) is 0 Å². The molecule has 0 N–H and O–H groups in total. The summed E-state index contributed by atoms with van der Waals surface area (Å²) in [5, 5.41) is 0. The molecule has 0 atom stereocenters. The van der Waals surface area contributed by atoms with Gasteiger partial charge in [-0.15, -0.1) is 5.92 Å². The van der Waals surface area contributed by atoms with Gasteiger partial charge in [-0.1, -0.05) is 5.92 Å². The lowest BCUT2D eigenvalue weighted by atomic mass is 10.6. The number of imidazole rings is 1. The van der Waals surface area contributed by atoms with Crippen molar-refractivity contribution in [2.45, 2.75) is 13.5 Å². The van der Waals surface area contributed by atoms with Gasteiger partial charge in [0.1, 0.15) is 0 Å². The molecular formula is C8H10N2O. The molecule has 0 spiro atoms. The van der Waals surface area contributed by atoms with Gasteiger partial charge in [-0.3, -0.25) is 4.57 Å². The Labute approximate surface area is 65.3 Å². The molecule has 58 valence electrons. The molecule has 0 saturated carbocycles. The second kappa shape index (κ2) is 3.11. The second-order valence-electron chi connectivity index (χ2n) is 2.25. The molecule has 1 heterocycles. The van der Waals surface area contributed by atoms with Crippen LogP contribution in [0.1, 0.15) is 6.92 Å². The van der Waals surface area contributed by atoms with Crippen LogP contribution in [-0.2, 0) is 13.6 Å². The van der Waals surface area contributed by atoms with Crippen LogP contribution < -0.4 is 5.69 Å². The number of hydrogen-bond donors (Lipinski definition) is 0. The Morgan fingerprint density at radius 3 is 2.73 bits per heavy atom. The van der Waals surface area contributed by atoms with E-state index in [0.717, 1.165) is 0 Å². The minimum atomic E-state index is -0.0206. The lowest BCUT2D eigenvalue weighted by molar-refractivity contribution is 0.740. The zero-order chi connectivity index (χ0) is 8.27. The lowest BCUT2D eigenvalue weighted by Crippen LogP contribution is -2.21. The zero-order valence-electron chi connectivity index (χ0n) is 6.66. The normalized spacial score (nSPS) is 8.91. The molecule has 1 aromatic rings. The summed E-state index contributed by atoms with van der Waals surface area (Å²) in [4.78, 5) is 11.1. The van der Waals surface area contributed by atoms with Crippen molar-refractivity contribution in [3.05, 3.63) is 22.9 Å². The summed E-state index contributed by atoms with van der Waals surface area (Å²) in [6.45, 7) is 2.24. The Hall–Kier alpha value is -1.43. The molecule has 3 nitrogen and oxygen atoms in total. The monoisotopic (exact) mass is 150 g/mol. The van der Waals surface area contributed by atoms with Crippen molar-refractivity contribution in [3.63, 3.8) is 0 Å². The molecule has 1 aromatic heterocycles. The summed E-state index contributed by atoms with van der Waals surface area (Å²) in [6.07, 6.45) is 3.45. The van der Waals surface area contributed by atoms with Crippen molar-refractivity contribution < 1.29 is 0 Å². The highest BCUT2D eigenvalue weighted by Crippen LogP contribution is 1.79. The Bertz CT molecular complexity index is 348. The number of nitrogens with zero attached hydrogens (tertiary/aromatic N) is 2. The van der Waals surface area contributed by atoms with E-state index in [0.29, 0.717) is 6.54 Å². The fraction of sp³-hybridized carbons (Fsp3) is 0.375. The molecule has 0 fully saturated rings. The molecule has 3 heteroatoms. The van der Waals surface area contributed by atoms with Crippen molar-refractivity contribution in [1.82, 2.24) is 9.13 Å². The summed E-state index contributed by atoms with van der Waals surface area (Å²) in [5.74, 6) is 5.55. The van der Waals surface area contributed by atoms with E-state index in [1.54, 1.807) is 30.9 Å². The minimum Gasteiger partial charge on any atom is -0.302 e. The maximum absolute atomic E-state index is 11.1. The first-order valence-corrected chi connectivity index (χ1v) is 3.37. The van der Waals surface area contributed by atoms with E-state index in [-0.39, 0.29) is 5.69 Å². The highest BCUT2D eigenvalue weighted by atomic mass is 16.1. The van der Waals surface area contributed by atoms with Gasteiger partial charge in [-0.05, 0) is 6.92 Å². The highest BCUT2D eigenvalue weighted by molar-refractivity contribution is 4.96. The van der Waals surface area contributed by atoms with Crippen LogP contribution >= 0.6 is 0 Å². The summed E-state index contributed by atoms with van der Waals surface area (Å²) >= 11 is 0. The van der Waals surface area contributed by atoms with Gasteiger partial charge in [-0.2, -0.15) is 0 Å². The first-order chi connectivity index (χ1) is 5.25. The Kier molecular flexibility index (Phi) is 2.17. The summed E-state index contributed by atoms with van der Waals surface area (Å²) in [6, 6.07) is 0. The van der Waals surface area contributed by atoms with E-state index in [2.05, 4.69) is 11.8 Å². The topological polar surface area (TPSA) is 26.9 Å². The number of aromatic nitrogens is 2. The van der Waals surface area contributed by atoms with Gasteiger partial charge in [0.25, 0.3) is 0 Å². The van der Waals surface area contributed by atoms with Gasteiger partial charge in [0.2, 0.25) is 0 Å². The number of aryl methyl sites for hydroxylation is 1. The van der Waals surface area contributed by atoms with Crippen molar-refractivity contribution in [1.29, 1.82) is 0 Å². The van der Waals surface area contributed by atoms with Crippen LogP contribution in [0.3, 0.4) is 0 Å². The van der Waals surface area contributed by atoms with Crippen LogP contribution in [0.15, 0.2) is 17.2 Å². The molecule has 0 aliphatic rings. The van der Waals surface area contributed by atoms with Crippen LogP contribution in [0.25, 0.3) is 0 Å². The van der Waals surface area contributed by atoms with Crippen LogP contribution in [0.4, 0.5) is 0 Å². The van der Waals surface area contributed by atoms with Gasteiger partial charge >= 0.3 is 5.69 Å². The van der Waals surface area contributed by atoms with Crippen molar-refractivity contribution in [2.75, 3.05) is 0 Å². The van der Waals surface area contributed by atoms with E-state index < -0.39 is 0 Å². The quantitative estimate of drug-likeness (QED) is 0.526. The maximum Gasteiger partial charge on any atom is 0.328 e. The van der Waals surface area contributed by atoms with E-state index in [4.69, 9.17) is 0 Å². The second-order valence-corrected chi connectivity index (χ2v) is 2.25.